The zero-order chi connectivity index (χ0) is 21.7. The fourth-order valence-electron chi connectivity index (χ4n) is 2.46. The smallest absolute Gasteiger partial charge is 0.350 e. The minimum atomic E-state index is -0.507. The van der Waals surface area contributed by atoms with Crippen LogP contribution >= 0.6 is 23.1 Å². The second kappa shape index (κ2) is 9.55. The molecule has 0 radical (unpaired) electrons. The van der Waals surface area contributed by atoms with E-state index in [-0.39, 0.29) is 23.2 Å². The summed E-state index contributed by atoms with van der Waals surface area (Å²) in [6, 6.07) is 11.2. The number of carbonyl (C=O) groups is 2. The van der Waals surface area contributed by atoms with Crippen molar-refractivity contribution < 1.29 is 14.3 Å². The van der Waals surface area contributed by atoms with Crippen molar-refractivity contribution in [3.63, 3.8) is 0 Å². The van der Waals surface area contributed by atoms with Gasteiger partial charge in [0.15, 0.2) is 0 Å². The summed E-state index contributed by atoms with van der Waals surface area (Å²) in [7, 11) is 0. The molecule has 2 aromatic heterocycles. The molecule has 0 spiro atoms. The number of esters is 1. The molecule has 3 N–H and O–H groups in total. The van der Waals surface area contributed by atoms with Gasteiger partial charge in [-0.05, 0) is 25.5 Å². The SMILES string of the molecule is CCOC(=O)c1sc(-c2ccccc2)cc1NC(=O)CSc1nnc(C)c(=O)n1N. The largest absolute Gasteiger partial charge is 0.462 e. The number of nitrogen functional groups attached to an aromatic ring is 1. The molecule has 0 aliphatic rings. The van der Waals surface area contributed by atoms with Crippen molar-refractivity contribution in [3.05, 3.63) is 57.3 Å². The Morgan fingerprint density at radius 1 is 1.27 bits per heavy atom. The van der Waals surface area contributed by atoms with Crippen LogP contribution in [0.1, 0.15) is 22.3 Å². The highest BCUT2D eigenvalue weighted by molar-refractivity contribution is 7.99. The lowest BCUT2D eigenvalue weighted by molar-refractivity contribution is -0.113. The second-order valence-electron chi connectivity index (χ2n) is 6.02. The van der Waals surface area contributed by atoms with Gasteiger partial charge in [0.2, 0.25) is 11.1 Å². The number of aryl methyl sites for hydroxylation is 1. The van der Waals surface area contributed by atoms with Crippen molar-refractivity contribution in [2.45, 2.75) is 19.0 Å². The maximum Gasteiger partial charge on any atom is 0.350 e. The standard InChI is InChI=1S/C19H19N5O4S2/c1-3-28-18(27)16-13(9-14(30-16)12-7-5-4-6-8-12)21-15(25)10-29-19-23-22-11(2)17(26)24(19)20/h4-9H,3,10,20H2,1-2H3,(H,21,25). The first kappa shape index (κ1) is 21.5. The zero-order valence-corrected chi connectivity index (χ0v) is 17.9. The Morgan fingerprint density at radius 3 is 2.70 bits per heavy atom. The molecular weight excluding hydrogens is 426 g/mol. The van der Waals surface area contributed by atoms with Crippen LogP contribution in [0.25, 0.3) is 10.4 Å². The Bertz CT molecular complexity index is 1130. The molecule has 1 amide bonds. The van der Waals surface area contributed by atoms with E-state index in [9.17, 15) is 14.4 Å². The molecule has 2 heterocycles. The Hall–Kier alpha value is -3.18. The number of nitrogens with two attached hydrogens (primary N) is 1. The monoisotopic (exact) mass is 445 g/mol. The summed E-state index contributed by atoms with van der Waals surface area (Å²) in [5.41, 5.74) is 0.966. The minimum absolute atomic E-state index is 0.0762. The van der Waals surface area contributed by atoms with Crippen LogP contribution in [0.5, 0.6) is 0 Å². The number of hydrogen-bond acceptors (Lipinski definition) is 9. The van der Waals surface area contributed by atoms with Gasteiger partial charge >= 0.3 is 5.97 Å². The summed E-state index contributed by atoms with van der Waals surface area (Å²) in [6.45, 7) is 3.44. The molecule has 0 aliphatic carbocycles. The molecular formula is C19H19N5O4S2. The average Bonchev–Trinajstić information content (AvgIpc) is 3.16. The van der Waals surface area contributed by atoms with E-state index >= 15 is 0 Å². The van der Waals surface area contributed by atoms with Crippen LogP contribution in [0, 0.1) is 6.92 Å². The highest BCUT2D eigenvalue weighted by Crippen LogP contribution is 2.35. The van der Waals surface area contributed by atoms with E-state index in [0.717, 1.165) is 26.9 Å². The van der Waals surface area contributed by atoms with Gasteiger partial charge in [0.1, 0.15) is 10.6 Å². The van der Waals surface area contributed by atoms with Crippen molar-refractivity contribution >= 4 is 40.7 Å². The van der Waals surface area contributed by atoms with E-state index < -0.39 is 17.4 Å². The fourth-order valence-corrected chi connectivity index (χ4v) is 4.13. The Kier molecular flexibility index (Phi) is 6.85. The number of thioether (sulfide) groups is 1. The minimum Gasteiger partial charge on any atom is -0.462 e. The number of amides is 1. The molecule has 0 saturated carbocycles. The number of hydrogen-bond donors (Lipinski definition) is 2. The molecule has 0 unspecified atom stereocenters. The van der Waals surface area contributed by atoms with E-state index in [4.69, 9.17) is 10.6 Å². The van der Waals surface area contributed by atoms with Crippen molar-refractivity contribution in [3.8, 4) is 10.4 Å². The number of aromatic nitrogens is 3. The topological polar surface area (TPSA) is 129 Å². The molecule has 1 aromatic carbocycles. The number of thiophene rings is 1. The first-order valence-electron chi connectivity index (χ1n) is 8.91. The number of rotatable bonds is 7. The van der Waals surface area contributed by atoms with Gasteiger partial charge in [-0.15, -0.1) is 21.5 Å². The summed E-state index contributed by atoms with van der Waals surface area (Å²) in [6.07, 6.45) is 0. The normalized spacial score (nSPS) is 10.6. The number of anilines is 1. The Labute approximate surface area is 180 Å². The van der Waals surface area contributed by atoms with Gasteiger partial charge in [-0.25, -0.2) is 4.79 Å². The second-order valence-corrected chi connectivity index (χ2v) is 8.01. The quantitative estimate of drug-likeness (QED) is 0.322. The average molecular weight is 446 g/mol. The predicted octanol–water partition coefficient (Wildman–Crippen LogP) is 2.30. The van der Waals surface area contributed by atoms with Crippen LogP contribution in [0.4, 0.5) is 5.69 Å². The molecule has 30 heavy (non-hydrogen) atoms. The third kappa shape index (κ3) is 4.86. The maximum absolute atomic E-state index is 12.5. The molecule has 0 bridgehead atoms. The van der Waals surface area contributed by atoms with Gasteiger partial charge in [0.05, 0.1) is 18.0 Å². The molecule has 0 fully saturated rings. The van der Waals surface area contributed by atoms with E-state index in [1.807, 2.05) is 30.3 Å². The van der Waals surface area contributed by atoms with Crippen LogP contribution < -0.4 is 16.7 Å². The van der Waals surface area contributed by atoms with Gasteiger partial charge in [-0.1, -0.05) is 42.1 Å². The van der Waals surface area contributed by atoms with Gasteiger partial charge < -0.3 is 15.9 Å². The van der Waals surface area contributed by atoms with E-state index in [0.29, 0.717) is 10.6 Å². The summed E-state index contributed by atoms with van der Waals surface area (Å²) in [5, 5.41) is 10.4. The third-order valence-corrected chi connectivity index (χ3v) is 5.98. The van der Waals surface area contributed by atoms with Gasteiger partial charge in [0, 0.05) is 4.88 Å². The fraction of sp³-hybridized carbons (Fsp3) is 0.211. The van der Waals surface area contributed by atoms with Crippen LogP contribution in [0.15, 0.2) is 46.3 Å². The first-order chi connectivity index (χ1) is 14.4. The lowest BCUT2D eigenvalue weighted by atomic mass is 10.2. The lowest BCUT2D eigenvalue weighted by Gasteiger charge is -2.07. The molecule has 11 heteroatoms. The molecule has 0 atom stereocenters. The Morgan fingerprint density at radius 2 is 2.00 bits per heavy atom. The number of benzene rings is 1. The van der Waals surface area contributed by atoms with Crippen LogP contribution in [-0.2, 0) is 9.53 Å². The lowest BCUT2D eigenvalue weighted by Crippen LogP contribution is -2.32. The molecule has 0 aliphatic heterocycles. The summed E-state index contributed by atoms with van der Waals surface area (Å²) in [5.74, 6) is 4.70. The number of ether oxygens (including phenoxy) is 1. The molecule has 9 nitrogen and oxygen atoms in total. The molecule has 0 saturated heterocycles. The summed E-state index contributed by atoms with van der Waals surface area (Å²) >= 11 is 2.20. The van der Waals surface area contributed by atoms with Crippen LogP contribution in [0.3, 0.4) is 0 Å². The Balaban J connectivity index is 1.78. The molecule has 3 rings (SSSR count). The maximum atomic E-state index is 12.5. The molecule has 3 aromatic rings. The van der Waals surface area contributed by atoms with Crippen LogP contribution in [0.2, 0.25) is 0 Å². The van der Waals surface area contributed by atoms with Crippen molar-refractivity contribution in [2.24, 2.45) is 0 Å². The van der Waals surface area contributed by atoms with E-state index in [1.54, 1.807) is 13.0 Å². The van der Waals surface area contributed by atoms with Gasteiger partial charge in [0.25, 0.3) is 5.56 Å². The summed E-state index contributed by atoms with van der Waals surface area (Å²) in [4.78, 5) is 37.8. The number of nitrogens with one attached hydrogen (secondary N) is 1. The van der Waals surface area contributed by atoms with Gasteiger partial charge in [-0.2, -0.15) is 4.68 Å². The predicted molar refractivity (Wildman–Crippen MR) is 116 cm³/mol. The molecule has 156 valence electrons. The number of carbonyl (C=O) groups excluding carboxylic acids is 2. The highest BCUT2D eigenvalue weighted by Gasteiger charge is 2.20. The third-order valence-electron chi connectivity index (χ3n) is 3.88. The van der Waals surface area contributed by atoms with E-state index in [1.165, 1.54) is 18.3 Å². The van der Waals surface area contributed by atoms with E-state index in [2.05, 4.69) is 15.5 Å². The van der Waals surface area contributed by atoms with Crippen molar-refractivity contribution in [1.82, 2.24) is 14.9 Å². The summed E-state index contributed by atoms with van der Waals surface area (Å²) < 4.78 is 5.96. The number of nitrogens with zero attached hydrogens (tertiary/aromatic N) is 3. The van der Waals surface area contributed by atoms with Crippen molar-refractivity contribution in [1.29, 1.82) is 0 Å². The first-order valence-corrected chi connectivity index (χ1v) is 10.7. The van der Waals surface area contributed by atoms with Crippen molar-refractivity contribution in [2.75, 3.05) is 23.5 Å². The zero-order valence-electron chi connectivity index (χ0n) is 16.2. The van der Waals surface area contributed by atoms with Crippen LogP contribution in [-0.4, -0.2) is 39.1 Å². The van der Waals surface area contributed by atoms with Gasteiger partial charge in [-0.3, -0.25) is 9.59 Å². The highest BCUT2D eigenvalue weighted by atomic mass is 32.2.